The molecular weight excluding hydrogens is 180 g/mol. The van der Waals surface area contributed by atoms with Gasteiger partial charge in [0.1, 0.15) is 0 Å². The molecule has 2 rings (SSSR count). The molecule has 0 aliphatic heterocycles. The topological polar surface area (TPSA) is 0 Å². The van der Waals surface area contributed by atoms with Crippen LogP contribution in [0.25, 0.3) is 0 Å². The number of allylic oxidation sites excluding steroid dienone is 4. The van der Waals surface area contributed by atoms with E-state index >= 15 is 0 Å². The van der Waals surface area contributed by atoms with E-state index in [0.717, 1.165) is 17.7 Å². The highest BCUT2D eigenvalue weighted by Gasteiger charge is 2.39. The Hall–Kier alpha value is -0.230. The zero-order valence-corrected chi connectivity index (χ0v) is 8.43. The van der Waals surface area contributed by atoms with Gasteiger partial charge in [0, 0.05) is 11.8 Å². The van der Waals surface area contributed by atoms with Crippen LogP contribution in [0, 0.1) is 17.8 Å². The second-order valence-electron chi connectivity index (χ2n) is 4.11. The predicted octanol–water partition coefficient (Wildman–Crippen LogP) is 4.02. The molecule has 0 N–H and O–H groups in total. The minimum absolute atomic E-state index is 0. The van der Waals surface area contributed by atoms with Gasteiger partial charge in [0.05, 0.1) is 0 Å². The fourth-order valence-corrected chi connectivity index (χ4v) is 3.10. The lowest BCUT2D eigenvalue weighted by Gasteiger charge is -2.20. The summed E-state index contributed by atoms with van der Waals surface area (Å²) in [5.41, 5.74) is 3.11. The predicted molar refractivity (Wildman–Crippen MR) is 60.1 cm³/mol. The number of halogens is 1. The zero-order chi connectivity index (χ0) is 8.72. The third-order valence-electron chi connectivity index (χ3n) is 3.18. The molecule has 2 aliphatic rings. The van der Waals surface area contributed by atoms with Crippen LogP contribution in [0.4, 0.5) is 0 Å². The van der Waals surface area contributed by atoms with Crippen LogP contribution in [0.3, 0.4) is 0 Å². The molecule has 1 heteroatoms. The van der Waals surface area contributed by atoms with Crippen LogP contribution in [0.5, 0.6) is 0 Å². The average Bonchev–Trinajstić information content (AvgIpc) is 2.60. The molecule has 1 fully saturated rings. The third kappa shape index (κ3) is 1.57. The zero-order valence-electron chi connectivity index (χ0n) is 7.68. The van der Waals surface area contributed by atoms with Gasteiger partial charge in [-0.05, 0) is 32.1 Å². The number of hydrogen-bond acceptors (Lipinski definition) is 0. The second-order valence-corrected chi connectivity index (χ2v) is 4.42. The van der Waals surface area contributed by atoms with Crippen LogP contribution >= 0.6 is 11.6 Å². The third-order valence-corrected chi connectivity index (χ3v) is 3.51. The van der Waals surface area contributed by atoms with Crippen molar-refractivity contribution in [2.24, 2.45) is 17.8 Å². The Kier molecular flexibility index (Phi) is 3.23. The Bertz CT molecular complexity index is 246. The van der Waals surface area contributed by atoms with Crippen LogP contribution in [0.1, 0.15) is 27.7 Å². The summed E-state index contributed by atoms with van der Waals surface area (Å²) >= 11 is 5.97. The first-order valence-electron chi connectivity index (χ1n) is 4.65. The normalized spacial score (nSPS) is 35.0. The van der Waals surface area contributed by atoms with Gasteiger partial charge in [-0.1, -0.05) is 30.7 Å². The van der Waals surface area contributed by atoms with Crippen molar-refractivity contribution in [3.8, 4) is 0 Å². The summed E-state index contributed by atoms with van der Waals surface area (Å²) in [6.07, 6.45) is 6.03. The molecule has 3 atom stereocenters. The SMILES string of the molecule is C.CC(C)=C1C2C=CC(C2)C1CCl. The summed E-state index contributed by atoms with van der Waals surface area (Å²) in [5.74, 6) is 2.92. The van der Waals surface area contributed by atoms with Gasteiger partial charge >= 0.3 is 0 Å². The van der Waals surface area contributed by atoms with Crippen molar-refractivity contribution >= 4 is 11.6 Å². The van der Waals surface area contributed by atoms with Crippen molar-refractivity contribution in [2.75, 3.05) is 5.88 Å². The van der Waals surface area contributed by atoms with Crippen molar-refractivity contribution in [2.45, 2.75) is 27.7 Å². The molecule has 74 valence electrons. The van der Waals surface area contributed by atoms with Crippen LogP contribution < -0.4 is 0 Å². The Morgan fingerprint density at radius 2 is 2.15 bits per heavy atom. The van der Waals surface area contributed by atoms with Crippen LogP contribution in [0.2, 0.25) is 0 Å². The molecule has 13 heavy (non-hydrogen) atoms. The second kappa shape index (κ2) is 3.88. The van der Waals surface area contributed by atoms with E-state index < -0.39 is 0 Å². The van der Waals surface area contributed by atoms with E-state index in [9.17, 15) is 0 Å². The molecule has 3 unspecified atom stereocenters. The maximum absolute atomic E-state index is 5.97. The highest BCUT2D eigenvalue weighted by molar-refractivity contribution is 6.18. The molecule has 0 radical (unpaired) electrons. The minimum Gasteiger partial charge on any atom is -0.126 e. The number of fused-ring (bicyclic) bond motifs is 2. The van der Waals surface area contributed by atoms with E-state index in [1.165, 1.54) is 12.0 Å². The molecular formula is C12H19Cl. The monoisotopic (exact) mass is 198 g/mol. The number of alkyl halides is 1. The Labute approximate surface area is 86.7 Å². The first kappa shape index (κ1) is 10.8. The molecule has 0 heterocycles. The van der Waals surface area contributed by atoms with E-state index in [-0.39, 0.29) is 7.43 Å². The summed E-state index contributed by atoms with van der Waals surface area (Å²) in [6, 6.07) is 0. The molecule has 0 aromatic heterocycles. The summed E-state index contributed by atoms with van der Waals surface area (Å²) in [5, 5.41) is 0. The van der Waals surface area contributed by atoms with Gasteiger partial charge in [0.25, 0.3) is 0 Å². The maximum Gasteiger partial charge on any atom is 0.0295 e. The molecule has 0 nitrogen and oxygen atoms in total. The van der Waals surface area contributed by atoms with Crippen molar-refractivity contribution < 1.29 is 0 Å². The standard InChI is InChI=1S/C11H15Cl.CH4/c1-7(2)11-9-4-3-8(5-9)10(11)6-12;/h3-4,8-10H,5-6H2,1-2H3;1H4. The molecule has 2 bridgehead atoms. The van der Waals surface area contributed by atoms with Crippen molar-refractivity contribution in [1.29, 1.82) is 0 Å². The smallest absolute Gasteiger partial charge is 0.0295 e. The fraction of sp³-hybridized carbons (Fsp3) is 0.667. The number of rotatable bonds is 1. The van der Waals surface area contributed by atoms with Crippen LogP contribution in [-0.2, 0) is 0 Å². The molecule has 1 saturated carbocycles. The van der Waals surface area contributed by atoms with Gasteiger partial charge in [-0.15, -0.1) is 11.6 Å². The molecule has 0 spiro atoms. The molecule has 0 amide bonds. The average molecular weight is 199 g/mol. The van der Waals surface area contributed by atoms with Gasteiger partial charge in [-0.25, -0.2) is 0 Å². The Morgan fingerprint density at radius 1 is 1.46 bits per heavy atom. The van der Waals surface area contributed by atoms with E-state index in [1.54, 1.807) is 5.57 Å². The number of hydrogen-bond donors (Lipinski definition) is 0. The first-order valence-corrected chi connectivity index (χ1v) is 5.19. The van der Waals surface area contributed by atoms with E-state index in [2.05, 4.69) is 26.0 Å². The Balaban J connectivity index is 0.000000845. The molecule has 2 aliphatic carbocycles. The van der Waals surface area contributed by atoms with E-state index in [4.69, 9.17) is 11.6 Å². The highest BCUT2D eigenvalue weighted by atomic mass is 35.5. The van der Waals surface area contributed by atoms with Gasteiger partial charge < -0.3 is 0 Å². The van der Waals surface area contributed by atoms with Crippen LogP contribution in [-0.4, -0.2) is 5.88 Å². The van der Waals surface area contributed by atoms with Gasteiger partial charge in [-0.2, -0.15) is 0 Å². The molecule has 0 aromatic rings. The largest absolute Gasteiger partial charge is 0.126 e. The van der Waals surface area contributed by atoms with E-state index in [1.807, 2.05) is 0 Å². The quantitative estimate of drug-likeness (QED) is 0.441. The minimum atomic E-state index is 0. The summed E-state index contributed by atoms with van der Waals surface area (Å²) in [4.78, 5) is 0. The fourth-order valence-electron chi connectivity index (χ4n) is 2.70. The van der Waals surface area contributed by atoms with Gasteiger partial charge in [-0.3, -0.25) is 0 Å². The maximum atomic E-state index is 5.97. The van der Waals surface area contributed by atoms with E-state index in [0.29, 0.717) is 5.92 Å². The van der Waals surface area contributed by atoms with Crippen molar-refractivity contribution in [3.05, 3.63) is 23.3 Å². The summed E-state index contributed by atoms with van der Waals surface area (Å²) < 4.78 is 0. The summed E-state index contributed by atoms with van der Waals surface area (Å²) in [7, 11) is 0. The van der Waals surface area contributed by atoms with Gasteiger partial charge in [0.15, 0.2) is 0 Å². The first-order chi connectivity index (χ1) is 5.74. The lowest BCUT2D eigenvalue weighted by atomic mass is 9.87. The molecule has 0 saturated heterocycles. The lowest BCUT2D eigenvalue weighted by molar-refractivity contribution is 0.559. The summed E-state index contributed by atoms with van der Waals surface area (Å²) in [6.45, 7) is 4.42. The van der Waals surface area contributed by atoms with Crippen molar-refractivity contribution in [3.63, 3.8) is 0 Å². The Morgan fingerprint density at radius 3 is 2.62 bits per heavy atom. The van der Waals surface area contributed by atoms with Crippen molar-refractivity contribution in [1.82, 2.24) is 0 Å². The van der Waals surface area contributed by atoms with Crippen LogP contribution in [0.15, 0.2) is 23.3 Å². The highest BCUT2D eigenvalue weighted by Crippen LogP contribution is 2.49. The lowest BCUT2D eigenvalue weighted by Crippen LogP contribution is -2.12. The molecule has 0 aromatic carbocycles. The van der Waals surface area contributed by atoms with Gasteiger partial charge in [0.2, 0.25) is 0 Å².